The molecule has 1 N–H and O–H groups in total. The molecule has 0 amide bonds. The summed E-state index contributed by atoms with van der Waals surface area (Å²) in [6, 6.07) is 8.79. The number of nitro benzene ring substituents is 1. The van der Waals surface area contributed by atoms with Crippen molar-refractivity contribution in [2.75, 3.05) is 0 Å². The Balaban J connectivity index is 2.32. The Bertz CT molecular complexity index is 641. The van der Waals surface area contributed by atoms with Crippen LogP contribution in [-0.2, 0) is 6.61 Å². The van der Waals surface area contributed by atoms with Gasteiger partial charge >= 0.3 is 0 Å². The minimum absolute atomic E-state index is 0.163. The van der Waals surface area contributed by atoms with E-state index < -0.39 is 11.5 Å². The van der Waals surface area contributed by atoms with Gasteiger partial charge < -0.3 is 9.84 Å². The van der Waals surface area contributed by atoms with Gasteiger partial charge in [-0.3, -0.25) is 10.1 Å². The smallest absolute Gasteiger partial charge is 0.275 e. The summed E-state index contributed by atoms with van der Waals surface area (Å²) < 4.78 is 5.51. The van der Waals surface area contributed by atoms with E-state index in [0.29, 0.717) is 21.5 Å². The maximum Gasteiger partial charge on any atom is 0.275 e. The van der Waals surface area contributed by atoms with Crippen LogP contribution < -0.4 is 4.74 Å². The molecule has 2 aromatic carbocycles. The molecule has 5 nitrogen and oxygen atoms in total. The van der Waals surface area contributed by atoms with Crippen LogP contribution in [0.3, 0.4) is 0 Å². The predicted octanol–water partition coefficient (Wildman–Crippen LogP) is 4.19. The van der Waals surface area contributed by atoms with Crippen LogP contribution in [0, 0.1) is 10.1 Å². The summed E-state index contributed by atoms with van der Waals surface area (Å²) in [5.41, 5.74) is 0.00426. The third-order valence-electron chi connectivity index (χ3n) is 2.49. The summed E-state index contributed by atoms with van der Waals surface area (Å²) in [4.78, 5) is 10.2. The average molecular weight is 314 g/mol. The zero-order valence-corrected chi connectivity index (χ0v) is 11.6. The van der Waals surface area contributed by atoms with Gasteiger partial charge in [0.25, 0.3) is 5.69 Å². The van der Waals surface area contributed by atoms with Crippen molar-refractivity contribution in [2.24, 2.45) is 0 Å². The van der Waals surface area contributed by atoms with Crippen molar-refractivity contribution < 1.29 is 14.8 Å². The molecule has 7 heteroatoms. The first-order chi connectivity index (χ1) is 9.49. The molecule has 0 radical (unpaired) electrons. The van der Waals surface area contributed by atoms with Crippen LogP contribution in [0.1, 0.15) is 5.56 Å². The van der Waals surface area contributed by atoms with Crippen molar-refractivity contribution in [1.82, 2.24) is 0 Å². The minimum atomic E-state index is -0.564. The molecule has 0 atom stereocenters. The van der Waals surface area contributed by atoms with Crippen LogP contribution in [0.25, 0.3) is 0 Å². The second kappa shape index (κ2) is 6.09. The molecule has 0 bridgehead atoms. The van der Waals surface area contributed by atoms with Crippen LogP contribution in [0.2, 0.25) is 10.0 Å². The van der Waals surface area contributed by atoms with Gasteiger partial charge in [-0.05, 0) is 30.3 Å². The molecular weight excluding hydrogens is 305 g/mol. The van der Waals surface area contributed by atoms with E-state index in [9.17, 15) is 10.1 Å². The van der Waals surface area contributed by atoms with Gasteiger partial charge in [-0.2, -0.15) is 0 Å². The SMILES string of the molecule is O=[N+]([O-])c1ccc(Oc2cc(Cl)cc(Cl)c2)cc1CO. The van der Waals surface area contributed by atoms with Crippen LogP contribution in [0.4, 0.5) is 5.69 Å². The molecule has 104 valence electrons. The third-order valence-corrected chi connectivity index (χ3v) is 2.93. The topological polar surface area (TPSA) is 72.6 Å². The molecule has 2 aromatic rings. The Hall–Kier alpha value is -1.82. The molecule has 0 aliphatic rings. The summed E-state index contributed by atoms with van der Waals surface area (Å²) in [6.07, 6.45) is 0. The number of nitro groups is 1. The fourth-order valence-electron chi connectivity index (χ4n) is 1.65. The Morgan fingerprint density at radius 1 is 1.10 bits per heavy atom. The number of hydrogen-bond acceptors (Lipinski definition) is 4. The maximum absolute atomic E-state index is 10.8. The van der Waals surface area contributed by atoms with E-state index in [-0.39, 0.29) is 11.3 Å². The normalized spacial score (nSPS) is 10.3. The molecule has 0 saturated carbocycles. The molecule has 0 unspecified atom stereocenters. The van der Waals surface area contributed by atoms with Crippen molar-refractivity contribution in [3.63, 3.8) is 0 Å². The maximum atomic E-state index is 10.8. The zero-order chi connectivity index (χ0) is 14.7. The van der Waals surface area contributed by atoms with Gasteiger partial charge in [0.1, 0.15) is 11.5 Å². The number of ether oxygens (including phenoxy) is 1. The van der Waals surface area contributed by atoms with E-state index in [1.54, 1.807) is 18.2 Å². The van der Waals surface area contributed by atoms with Gasteiger partial charge in [-0.1, -0.05) is 23.2 Å². The molecule has 0 spiro atoms. The van der Waals surface area contributed by atoms with E-state index in [4.69, 9.17) is 33.0 Å². The highest BCUT2D eigenvalue weighted by Gasteiger charge is 2.14. The number of benzene rings is 2. The van der Waals surface area contributed by atoms with Crippen LogP contribution in [-0.4, -0.2) is 10.0 Å². The highest BCUT2D eigenvalue weighted by Crippen LogP contribution is 2.31. The summed E-state index contributed by atoms with van der Waals surface area (Å²) in [5.74, 6) is 0.748. The van der Waals surface area contributed by atoms with E-state index >= 15 is 0 Å². The summed E-state index contributed by atoms with van der Waals surface area (Å²) in [6.45, 7) is -0.455. The number of nitrogens with zero attached hydrogens (tertiary/aromatic N) is 1. The highest BCUT2D eigenvalue weighted by molar-refractivity contribution is 6.34. The first-order valence-electron chi connectivity index (χ1n) is 5.51. The van der Waals surface area contributed by atoms with Crippen molar-refractivity contribution >= 4 is 28.9 Å². The predicted molar refractivity (Wildman–Crippen MR) is 75.6 cm³/mol. The first-order valence-corrected chi connectivity index (χ1v) is 6.27. The Morgan fingerprint density at radius 2 is 1.75 bits per heavy atom. The molecule has 0 fully saturated rings. The van der Waals surface area contributed by atoms with Gasteiger partial charge in [-0.25, -0.2) is 0 Å². The Kier molecular flexibility index (Phi) is 4.44. The van der Waals surface area contributed by atoms with Gasteiger partial charge in [0.15, 0.2) is 0 Å². The van der Waals surface area contributed by atoms with Crippen molar-refractivity contribution in [2.45, 2.75) is 6.61 Å². The molecule has 0 heterocycles. The summed E-state index contributed by atoms with van der Waals surface area (Å²) >= 11 is 11.7. The number of aliphatic hydroxyl groups excluding tert-OH is 1. The van der Waals surface area contributed by atoms with Crippen molar-refractivity contribution in [3.05, 3.63) is 62.1 Å². The zero-order valence-electron chi connectivity index (χ0n) is 10.0. The lowest BCUT2D eigenvalue weighted by molar-refractivity contribution is -0.385. The van der Waals surface area contributed by atoms with Crippen LogP contribution >= 0.6 is 23.2 Å². The molecule has 0 saturated heterocycles. The molecule has 0 aliphatic carbocycles. The number of rotatable bonds is 4. The van der Waals surface area contributed by atoms with Crippen molar-refractivity contribution in [3.8, 4) is 11.5 Å². The second-order valence-electron chi connectivity index (χ2n) is 3.91. The number of aliphatic hydroxyl groups is 1. The lowest BCUT2D eigenvalue weighted by Gasteiger charge is -2.08. The third kappa shape index (κ3) is 3.39. The Labute approximate surface area is 124 Å². The summed E-state index contributed by atoms with van der Waals surface area (Å²) in [7, 11) is 0. The van der Waals surface area contributed by atoms with Crippen molar-refractivity contribution in [1.29, 1.82) is 0 Å². The Morgan fingerprint density at radius 3 is 2.30 bits per heavy atom. The molecule has 20 heavy (non-hydrogen) atoms. The average Bonchev–Trinajstić information content (AvgIpc) is 2.37. The van der Waals surface area contributed by atoms with Gasteiger partial charge in [0.05, 0.1) is 17.1 Å². The molecule has 0 aromatic heterocycles. The largest absolute Gasteiger partial charge is 0.457 e. The van der Waals surface area contributed by atoms with E-state index in [1.165, 1.54) is 18.2 Å². The lowest BCUT2D eigenvalue weighted by Crippen LogP contribution is -1.96. The lowest BCUT2D eigenvalue weighted by atomic mass is 10.2. The first kappa shape index (κ1) is 14.6. The van der Waals surface area contributed by atoms with E-state index in [0.717, 1.165) is 0 Å². The fraction of sp³-hybridized carbons (Fsp3) is 0.0769. The van der Waals surface area contributed by atoms with Gasteiger partial charge in [0, 0.05) is 16.1 Å². The monoisotopic (exact) mass is 313 g/mol. The minimum Gasteiger partial charge on any atom is -0.457 e. The molecule has 0 aliphatic heterocycles. The molecule has 2 rings (SSSR count). The standard InChI is InChI=1S/C13H9Cl2NO4/c14-9-4-10(15)6-12(5-9)20-11-1-2-13(16(18)19)8(3-11)7-17/h1-6,17H,7H2. The van der Waals surface area contributed by atoms with Crippen LogP contribution in [0.5, 0.6) is 11.5 Å². The molecular formula is C13H9Cl2NO4. The van der Waals surface area contributed by atoms with Crippen LogP contribution in [0.15, 0.2) is 36.4 Å². The second-order valence-corrected chi connectivity index (χ2v) is 4.79. The summed E-state index contributed by atoms with van der Waals surface area (Å²) in [5, 5.41) is 20.7. The highest BCUT2D eigenvalue weighted by atomic mass is 35.5. The fourth-order valence-corrected chi connectivity index (χ4v) is 2.16. The van der Waals surface area contributed by atoms with E-state index in [1.807, 2.05) is 0 Å². The quantitative estimate of drug-likeness (QED) is 0.678. The van der Waals surface area contributed by atoms with E-state index in [2.05, 4.69) is 0 Å². The number of hydrogen-bond donors (Lipinski definition) is 1. The van der Waals surface area contributed by atoms with Gasteiger partial charge in [-0.15, -0.1) is 0 Å². The van der Waals surface area contributed by atoms with Gasteiger partial charge in [0.2, 0.25) is 0 Å². The number of halogens is 2.